The van der Waals surface area contributed by atoms with Crippen LogP contribution in [0.1, 0.15) is 18.4 Å². The molecule has 1 amide bonds. The fraction of sp³-hybridized carbons (Fsp3) is 0.316. The van der Waals surface area contributed by atoms with Crippen LogP contribution in [0.2, 0.25) is 0 Å². The molecule has 2 aromatic carbocycles. The highest BCUT2D eigenvalue weighted by molar-refractivity contribution is 7.89. The Balaban J connectivity index is 1.69. The number of sulfonamides is 1. The zero-order valence-corrected chi connectivity index (χ0v) is 16.0. The van der Waals surface area contributed by atoms with Crippen LogP contribution >= 0.6 is 0 Å². The quantitative estimate of drug-likeness (QED) is 0.722. The molecule has 1 saturated carbocycles. The van der Waals surface area contributed by atoms with E-state index in [1.54, 1.807) is 30.3 Å². The minimum absolute atomic E-state index is 0.0121. The molecule has 0 spiro atoms. The number of anilines is 1. The van der Waals surface area contributed by atoms with Crippen LogP contribution in [0.15, 0.2) is 47.4 Å². The molecule has 0 heterocycles. The van der Waals surface area contributed by atoms with Crippen molar-refractivity contribution in [3.8, 4) is 11.5 Å². The van der Waals surface area contributed by atoms with E-state index in [0.717, 1.165) is 18.4 Å². The Hall–Kier alpha value is -2.58. The molecule has 27 heavy (non-hydrogen) atoms. The predicted octanol–water partition coefficient (Wildman–Crippen LogP) is 2.53. The van der Waals surface area contributed by atoms with Gasteiger partial charge in [0.1, 0.15) is 0 Å². The van der Waals surface area contributed by atoms with E-state index in [1.165, 1.54) is 26.4 Å². The van der Waals surface area contributed by atoms with Gasteiger partial charge in [-0.1, -0.05) is 12.1 Å². The summed E-state index contributed by atoms with van der Waals surface area (Å²) in [5, 5.41) is 2.85. The van der Waals surface area contributed by atoms with Gasteiger partial charge in [-0.15, -0.1) is 0 Å². The van der Waals surface area contributed by atoms with Crippen molar-refractivity contribution in [2.75, 3.05) is 19.5 Å². The molecule has 1 aliphatic carbocycles. The molecule has 8 heteroatoms. The first kappa shape index (κ1) is 19.2. The maximum absolute atomic E-state index is 12.6. The Morgan fingerprint density at radius 1 is 1.07 bits per heavy atom. The Morgan fingerprint density at radius 2 is 1.81 bits per heavy atom. The lowest BCUT2D eigenvalue weighted by atomic mass is 10.2. The molecule has 2 aromatic rings. The minimum Gasteiger partial charge on any atom is -0.493 e. The average Bonchev–Trinajstić information content (AvgIpc) is 3.51. The summed E-state index contributed by atoms with van der Waals surface area (Å²) in [4.78, 5) is 11.9. The van der Waals surface area contributed by atoms with Gasteiger partial charge < -0.3 is 14.8 Å². The second-order valence-electron chi connectivity index (χ2n) is 6.31. The lowest BCUT2D eigenvalue weighted by molar-refractivity contribution is -0.117. The highest BCUT2D eigenvalue weighted by Crippen LogP contribution is 2.30. The van der Waals surface area contributed by atoms with Gasteiger partial charge in [0.25, 0.3) is 0 Å². The third-order valence-electron chi connectivity index (χ3n) is 4.27. The van der Waals surface area contributed by atoms with Gasteiger partial charge in [-0.25, -0.2) is 13.1 Å². The van der Waals surface area contributed by atoms with Gasteiger partial charge in [0.05, 0.1) is 19.1 Å². The highest BCUT2D eigenvalue weighted by Gasteiger charge is 2.29. The summed E-state index contributed by atoms with van der Waals surface area (Å²) in [5.41, 5.74) is 1.40. The first-order chi connectivity index (χ1) is 12.9. The number of hydrogen-bond donors (Lipinski definition) is 2. The number of ether oxygens (including phenoxy) is 2. The van der Waals surface area contributed by atoms with Crippen molar-refractivity contribution >= 4 is 21.6 Å². The van der Waals surface area contributed by atoms with E-state index < -0.39 is 10.0 Å². The van der Waals surface area contributed by atoms with Gasteiger partial charge in [0.15, 0.2) is 11.5 Å². The van der Waals surface area contributed by atoms with Gasteiger partial charge in [-0.05, 0) is 42.7 Å². The van der Waals surface area contributed by atoms with Crippen LogP contribution in [0.4, 0.5) is 5.69 Å². The van der Waals surface area contributed by atoms with Crippen molar-refractivity contribution in [2.24, 2.45) is 5.92 Å². The monoisotopic (exact) mass is 390 g/mol. The first-order valence-electron chi connectivity index (χ1n) is 8.54. The summed E-state index contributed by atoms with van der Waals surface area (Å²) < 4.78 is 38.0. The summed E-state index contributed by atoms with van der Waals surface area (Å²) in [5.74, 6) is 0.913. The standard InChI is InChI=1S/C19H22N2O5S/c1-25-17-9-8-16(11-18(17)26-2)27(23,24)20-12-13-4-3-5-15(10-13)21-19(22)14-6-7-14/h3-5,8-11,14,20H,6-7,12H2,1-2H3,(H,21,22). The maximum atomic E-state index is 12.6. The van der Waals surface area contributed by atoms with E-state index >= 15 is 0 Å². The molecule has 0 aromatic heterocycles. The average molecular weight is 390 g/mol. The molecule has 3 rings (SSSR count). The van der Waals surface area contributed by atoms with Crippen molar-refractivity contribution < 1.29 is 22.7 Å². The lowest BCUT2D eigenvalue weighted by Gasteiger charge is -2.11. The Kier molecular flexibility index (Phi) is 5.67. The van der Waals surface area contributed by atoms with Gasteiger partial charge in [-0.2, -0.15) is 0 Å². The molecule has 0 radical (unpaired) electrons. The molecule has 1 fully saturated rings. The number of carbonyl (C=O) groups excluding carboxylic acids is 1. The van der Waals surface area contributed by atoms with Crippen LogP contribution in [0.3, 0.4) is 0 Å². The molecule has 0 aliphatic heterocycles. The van der Waals surface area contributed by atoms with Crippen LogP contribution in [-0.4, -0.2) is 28.5 Å². The molecule has 0 atom stereocenters. The maximum Gasteiger partial charge on any atom is 0.241 e. The number of hydrogen-bond acceptors (Lipinski definition) is 5. The van der Waals surface area contributed by atoms with Crippen molar-refractivity contribution in [2.45, 2.75) is 24.3 Å². The summed E-state index contributed by atoms with van der Waals surface area (Å²) >= 11 is 0. The molecule has 144 valence electrons. The number of nitrogens with one attached hydrogen (secondary N) is 2. The Bertz CT molecular complexity index is 939. The number of benzene rings is 2. The number of methoxy groups -OCH3 is 2. The van der Waals surface area contributed by atoms with Crippen molar-refractivity contribution in [1.82, 2.24) is 4.72 Å². The van der Waals surface area contributed by atoms with Crippen molar-refractivity contribution in [3.63, 3.8) is 0 Å². The van der Waals surface area contributed by atoms with E-state index in [2.05, 4.69) is 10.0 Å². The third kappa shape index (κ3) is 4.78. The number of amides is 1. The smallest absolute Gasteiger partial charge is 0.241 e. The Labute approximate surface area is 158 Å². The molecular weight excluding hydrogens is 368 g/mol. The van der Waals surface area contributed by atoms with E-state index in [0.29, 0.717) is 17.2 Å². The topological polar surface area (TPSA) is 93.7 Å². The molecule has 7 nitrogen and oxygen atoms in total. The lowest BCUT2D eigenvalue weighted by Crippen LogP contribution is -2.23. The van der Waals surface area contributed by atoms with Crippen molar-refractivity contribution in [1.29, 1.82) is 0 Å². The Morgan fingerprint density at radius 3 is 2.48 bits per heavy atom. The van der Waals surface area contributed by atoms with Crippen LogP contribution in [0.25, 0.3) is 0 Å². The van der Waals surface area contributed by atoms with E-state index in [-0.39, 0.29) is 23.3 Å². The summed E-state index contributed by atoms with van der Waals surface area (Å²) in [6, 6.07) is 11.5. The SMILES string of the molecule is COc1ccc(S(=O)(=O)NCc2cccc(NC(=O)C3CC3)c2)cc1OC. The summed E-state index contributed by atoms with van der Waals surface area (Å²) in [6.07, 6.45) is 1.85. The number of rotatable bonds is 8. The molecule has 0 bridgehead atoms. The van der Waals surface area contributed by atoms with Gasteiger partial charge in [0.2, 0.25) is 15.9 Å². The summed E-state index contributed by atoms with van der Waals surface area (Å²) in [6.45, 7) is 0.101. The largest absolute Gasteiger partial charge is 0.493 e. The van der Waals surface area contributed by atoms with E-state index in [9.17, 15) is 13.2 Å². The fourth-order valence-corrected chi connectivity index (χ4v) is 3.63. The van der Waals surface area contributed by atoms with Crippen LogP contribution < -0.4 is 19.5 Å². The van der Waals surface area contributed by atoms with Gasteiger partial charge in [-0.3, -0.25) is 4.79 Å². The van der Waals surface area contributed by atoms with E-state index in [1.807, 2.05) is 0 Å². The van der Waals surface area contributed by atoms with Crippen LogP contribution in [0, 0.1) is 5.92 Å². The predicted molar refractivity (Wildman–Crippen MR) is 101 cm³/mol. The summed E-state index contributed by atoms with van der Waals surface area (Å²) in [7, 11) is -0.795. The normalized spacial score (nSPS) is 13.9. The van der Waals surface area contributed by atoms with Crippen molar-refractivity contribution in [3.05, 3.63) is 48.0 Å². The van der Waals surface area contributed by atoms with Gasteiger partial charge in [0, 0.05) is 24.2 Å². The zero-order valence-electron chi connectivity index (χ0n) is 15.2. The highest BCUT2D eigenvalue weighted by atomic mass is 32.2. The first-order valence-corrected chi connectivity index (χ1v) is 10.0. The van der Waals surface area contributed by atoms with Crippen LogP contribution in [0.5, 0.6) is 11.5 Å². The third-order valence-corrected chi connectivity index (χ3v) is 5.67. The van der Waals surface area contributed by atoms with E-state index in [4.69, 9.17) is 9.47 Å². The number of carbonyl (C=O) groups is 1. The minimum atomic E-state index is -3.73. The molecule has 1 aliphatic rings. The zero-order chi connectivity index (χ0) is 19.4. The molecular formula is C19H22N2O5S. The second kappa shape index (κ2) is 7.98. The molecule has 2 N–H and O–H groups in total. The molecule has 0 saturated heterocycles. The van der Waals surface area contributed by atoms with Crippen LogP contribution in [-0.2, 0) is 21.4 Å². The molecule has 0 unspecified atom stereocenters. The fourth-order valence-electron chi connectivity index (χ4n) is 2.59. The van der Waals surface area contributed by atoms with Gasteiger partial charge >= 0.3 is 0 Å². The second-order valence-corrected chi connectivity index (χ2v) is 8.07.